The van der Waals surface area contributed by atoms with Gasteiger partial charge in [0.2, 0.25) is 21.5 Å². The summed E-state index contributed by atoms with van der Waals surface area (Å²) in [7, 11) is -3.97. The van der Waals surface area contributed by atoms with E-state index in [4.69, 9.17) is 0 Å². The van der Waals surface area contributed by atoms with Crippen molar-refractivity contribution in [1.82, 2.24) is 9.71 Å². The van der Waals surface area contributed by atoms with Crippen LogP contribution in [-0.2, 0) is 14.8 Å². The van der Waals surface area contributed by atoms with Crippen LogP contribution in [0.25, 0.3) is 10.9 Å². The van der Waals surface area contributed by atoms with E-state index in [1.54, 1.807) is 18.2 Å². The fourth-order valence-electron chi connectivity index (χ4n) is 3.34. The number of sulfonamides is 1. The molecule has 8 heteroatoms. The van der Waals surface area contributed by atoms with Crippen LogP contribution in [0.3, 0.4) is 0 Å². The summed E-state index contributed by atoms with van der Waals surface area (Å²) in [6.07, 6.45) is 0.344. The fraction of sp³-hybridized carbons (Fsp3) is 0.304. The molecule has 0 aliphatic carbocycles. The summed E-state index contributed by atoms with van der Waals surface area (Å²) in [5, 5.41) is 3.45. The fourth-order valence-corrected chi connectivity index (χ4v) is 4.58. The number of fused-ring (bicyclic) bond motifs is 1. The number of carbonyl (C=O) groups is 1. The highest BCUT2D eigenvalue weighted by Crippen LogP contribution is 2.21. The average molecular weight is 442 g/mol. The summed E-state index contributed by atoms with van der Waals surface area (Å²) in [6, 6.07) is 12.0. The lowest BCUT2D eigenvalue weighted by Gasteiger charge is -2.21. The molecule has 0 bridgehead atoms. The third kappa shape index (κ3) is 5.39. The van der Waals surface area contributed by atoms with Crippen LogP contribution in [0.15, 0.2) is 58.2 Å². The number of pyridine rings is 1. The highest BCUT2D eigenvalue weighted by atomic mass is 32.2. The van der Waals surface area contributed by atoms with E-state index in [1.165, 1.54) is 18.2 Å². The Kier molecular flexibility index (Phi) is 6.62. The highest BCUT2D eigenvalue weighted by Gasteiger charge is 2.27. The molecule has 3 aromatic rings. The average Bonchev–Trinajstić information content (AvgIpc) is 2.70. The Morgan fingerprint density at radius 1 is 1.06 bits per heavy atom. The van der Waals surface area contributed by atoms with Crippen LogP contribution in [0.4, 0.5) is 5.69 Å². The third-order valence-electron chi connectivity index (χ3n) is 5.19. The van der Waals surface area contributed by atoms with E-state index < -0.39 is 22.0 Å². The summed E-state index contributed by atoms with van der Waals surface area (Å²) in [4.78, 5) is 27.1. The van der Waals surface area contributed by atoms with Crippen molar-refractivity contribution >= 4 is 32.5 Å². The first kappa shape index (κ1) is 22.7. The molecule has 164 valence electrons. The van der Waals surface area contributed by atoms with E-state index in [9.17, 15) is 18.0 Å². The van der Waals surface area contributed by atoms with Crippen LogP contribution in [0, 0.1) is 19.8 Å². The van der Waals surface area contributed by atoms with E-state index in [0.29, 0.717) is 23.0 Å². The van der Waals surface area contributed by atoms with Crippen molar-refractivity contribution in [2.75, 3.05) is 5.32 Å². The molecule has 31 heavy (non-hydrogen) atoms. The number of hydrogen-bond donors (Lipinski definition) is 3. The quantitative estimate of drug-likeness (QED) is 0.522. The van der Waals surface area contributed by atoms with Gasteiger partial charge in [-0.15, -0.1) is 0 Å². The van der Waals surface area contributed by atoms with Gasteiger partial charge in [-0.1, -0.05) is 26.0 Å². The van der Waals surface area contributed by atoms with Gasteiger partial charge in [-0.05, 0) is 73.0 Å². The van der Waals surface area contributed by atoms with E-state index in [-0.39, 0.29) is 16.4 Å². The second-order valence-electron chi connectivity index (χ2n) is 8.11. The first-order valence-electron chi connectivity index (χ1n) is 10.1. The minimum Gasteiger partial charge on any atom is -0.324 e. The number of aromatic nitrogens is 1. The zero-order valence-electron chi connectivity index (χ0n) is 18.0. The summed E-state index contributed by atoms with van der Waals surface area (Å²) in [5.74, 6) is -0.310. The lowest BCUT2D eigenvalue weighted by molar-refractivity contribution is -0.118. The summed E-state index contributed by atoms with van der Waals surface area (Å²) in [5.41, 5.74) is 2.91. The number of hydrogen-bond acceptors (Lipinski definition) is 4. The molecular formula is C23H27N3O4S. The first-order valence-corrected chi connectivity index (χ1v) is 11.6. The van der Waals surface area contributed by atoms with Crippen molar-refractivity contribution in [2.24, 2.45) is 5.92 Å². The Balaban J connectivity index is 1.88. The molecule has 0 aliphatic rings. The van der Waals surface area contributed by atoms with Gasteiger partial charge >= 0.3 is 0 Å². The predicted octanol–water partition coefficient (Wildman–Crippen LogP) is 3.48. The molecule has 7 nitrogen and oxygen atoms in total. The third-order valence-corrected chi connectivity index (χ3v) is 6.66. The molecule has 0 fully saturated rings. The molecule has 1 atom stereocenters. The molecule has 2 aromatic carbocycles. The van der Waals surface area contributed by atoms with E-state index >= 15 is 0 Å². The van der Waals surface area contributed by atoms with E-state index in [1.807, 2.05) is 39.8 Å². The Morgan fingerprint density at radius 3 is 2.52 bits per heavy atom. The first-order chi connectivity index (χ1) is 14.6. The lowest BCUT2D eigenvalue weighted by atomic mass is 10.0. The van der Waals surface area contributed by atoms with Gasteiger partial charge in [0.05, 0.1) is 4.90 Å². The Labute approximate surface area is 181 Å². The maximum Gasteiger partial charge on any atom is 0.248 e. The zero-order chi connectivity index (χ0) is 22.8. The molecule has 1 amide bonds. The van der Waals surface area contributed by atoms with Crippen LogP contribution in [0.5, 0.6) is 0 Å². The number of benzene rings is 2. The van der Waals surface area contributed by atoms with Crippen molar-refractivity contribution < 1.29 is 13.2 Å². The Morgan fingerprint density at radius 2 is 1.81 bits per heavy atom. The van der Waals surface area contributed by atoms with Crippen molar-refractivity contribution in [3.8, 4) is 0 Å². The number of aryl methyl sites for hydroxylation is 1. The van der Waals surface area contributed by atoms with Crippen LogP contribution in [0.1, 0.15) is 31.4 Å². The van der Waals surface area contributed by atoms with Crippen LogP contribution in [0.2, 0.25) is 0 Å². The Bertz CT molecular complexity index is 1280. The molecule has 0 saturated heterocycles. The molecule has 0 unspecified atom stereocenters. The van der Waals surface area contributed by atoms with Crippen molar-refractivity contribution in [1.29, 1.82) is 0 Å². The standard InChI is InChI=1S/C23H27N3O4S/c1-14(2)12-21(23(28)25-19-7-5-6-15(3)16(19)4)26-31(29,30)18-9-10-20-17(13-18)8-11-22(27)24-20/h5-11,13-14,21,26H,12H2,1-4H3,(H,24,27)(H,25,28)/t21-/m1/s1. The van der Waals surface area contributed by atoms with Gasteiger partial charge in [-0.25, -0.2) is 8.42 Å². The van der Waals surface area contributed by atoms with Gasteiger partial charge in [0.25, 0.3) is 0 Å². The van der Waals surface area contributed by atoms with Crippen molar-refractivity contribution in [3.05, 3.63) is 70.0 Å². The van der Waals surface area contributed by atoms with Crippen LogP contribution in [-0.4, -0.2) is 25.4 Å². The molecule has 0 radical (unpaired) electrons. The number of rotatable bonds is 7. The number of carbonyl (C=O) groups excluding carboxylic acids is 1. The molecule has 3 rings (SSSR count). The molecule has 1 aromatic heterocycles. The molecule has 0 aliphatic heterocycles. The van der Waals surface area contributed by atoms with Gasteiger partial charge in [-0.3, -0.25) is 9.59 Å². The molecule has 1 heterocycles. The highest BCUT2D eigenvalue weighted by molar-refractivity contribution is 7.89. The monoisotopic (exact) mass is 441 g/mol. The number of amides is 1. The summed E-state index contributed by atoms with van der Waals surface area (Å²) >= 11 is 0. The van der Waals surface area contributed by atoms with Crippen LogP contribution >= 0.6 is 0 Å². The maximum absolute atomic E-state index is 13.0. The minimum absolute atomic E-state index is 0.0281. The minimum atomic E-state index is -3.97. The van der Waals surface area contributed by atoms with Gasteiger partial charge in [0.15, 0.2) is 0 Å². The molecule has 0 saturated carbocycles. The smallest absolute Gasteiger partial charge is 0.248 e. The molecule has 3 N–H and O–H groups in total. The van der Waals surface area contributed by atoms with Gasteiger partial charge < -0.3 is 10.3 Å². The number of H-pyrrole nitrogens is 1. The van der Waals surface area contributed by atoms with E-state index in [2.05, 4.69) is 15.0 Å². The zero-order valence-corrected chi connectivity index (χ0v) is 18.8. The SMILES string of the molecule is Cc1cccc(NC(=O)[C@@H](CC(C)C)NS(=O)(=O)c2ccc3[nH]c(=O)ccc3c2)c1C. The number of anilines is 1. The molecule has 0 spiro atoms. The second kappa shape index (κ2) is 9.03. The number of nitrogens with one attached hydrogen (secondary N) is 3. The summed E-state index contributed by atoms with van der Waals surface area (Å²) < 4.78 is 28.7. The van der Waals surface area contributed by atoms with E-state index in [0.717, 1.165) is 11.1 Å². The van der Waals surface area contributed by atoms with Gasteiger partial charge in [0.1, 0.15) is 6.04 Å². The lowest BCUT2D eigenvalue weighted by Crippen LogP contribution is -2.44. The number of aromatic amines is 1. The van der Waals surface area contributed by atoms with Crippen LogP contribution < -0.4 is 15.6 Å². The van der Waals surface area contributed by atoms with Gasteiger partial charge in [0, 0.05) is 17.3 Å². The second-order valence-corrected chi connectivity index (χ2v) is 9.83. The molecular weight excluding hydrogens is 414 g/mol. The Hall–Kier alpha value is -2.97. The summed E-state index contributed by atoms with van der Waals surface area (Å²) in [6.45, 7) is 7.72. The largest absolute Gasteiger partial charge is 0.324 e. The predicted molar refractivity (Wildman–Crippen MR) is 123 cm³/mol. The van der Waals surface area contributed by atoms with Crippen molar-refractivity contribution in [3.63, 3.8) is 0 Å². The van der Waals surface area contributed by atoms with Gasteiger partial charge in [-0.2, -0.15) is 4.72 Å². The topological polar surface area (TPSA) is 108 Å². The van der Waals surface area contributed by atoms with Crippen molar-refractivity contribution in [2.45, 2.75) is 45.1 Å². The maximum atomic E-state index is 13.0. The normalized spacial score (nSPS) is 12.8.